The van der Waals surface area contributed by atoms with Crippen molar-refractivity contribution in [2.24, 2.45) is 0 Å². The Morgan fingerprint density at radius 1 is 1.23 bits per heavy atom. The number of ether oxygens (including phenoxy) is 1. The van der Waals surface area contributed by atoms with Crippen LogP contribution in [-0.2, 0) is 36.9 Å². The van der Waals surface area contributed by atoms with Gasteiger partial charge in [0.1, 0.15) is 13.3 Å². The Kier molecular flexibility index (Phi) is 11.1. The summed E-state index contributed by atoms with van der Waals surface area (Å²) < 4.78 is 32.4. The molecule has 0 fully saturated rings. The van der Waals surface area contributed by atoms with Crippen molar-refractivity contribution < 1.29 is 27.2 Å². The van der Waals surface area contributed by atoms with Crippen LogP contribution in [0.5, 0.6) is 0 Å². The first kappa shape index (κ1) is 24.3. The van der Waals surface area contributed by atoms with Gasteiger partial charge < -0.3 is 19.8 Å². The van der Waals surface area contributed by atoms with E-state index in [1.165, 1.54) is 18.2 Å². The topological polar surface area (TPSA) is 119 Å². The molecule has 9 heteroatoms. The molecule has 0 spiro atoms. The van der Waals surface area contributed by atoms with E-state index in [0.29, 0.717) is 0 Å². The maximum Gasteiger partial charge on any atom is 0.389 e. The van der Waals surface area contributed by atoms with Gasteiger partial charge in [-0.15, -0.1) is 4.31 Å². The molecule has 150 valence electrons. The third-order valence-electron chi connectivity index (χ3n) is 3.50. The number of hydrogen-bond acceptors (Lipinski definition) is 7. The van der Waals surface area contributed by atoms with Crippen molar-refractivity contribution in [3.05, 3.63) is 29.3 Å². The van der Waals surface area contributed by atoms with Crippen LogP contribution >= 0.6 is 0 Å². The number of rotatable bonds is 8. The van der Waals surface area contributed by atoms with Gasteiger partial charge in [0, 0.05) is 18.8 Å². The average molecular weight is 391 g/mol. The number of aliphatic hydroxyl groups excluding tert-OH is 1. The van der Waals surface area contributed by atoms with Gasteiger partial charge in [-0.3, -0.25) is 0 Å². The molecular weight excluding hydrogens is 360 g/mol. The minimum atomic E-state index is -4.20. The summed E-state index contributed by atoms with van der Waals surface area (Å²) in [5.74, 6) is -1.23. The van der Waals surface area contributed by atoms with E-state index in [1.54, 1.807) is 13.8 Å². The van der Waals surface area contributed by atoms with Crippen molar-refractivity contribution in [1.29, 1.82) is 0 Å². The van der Waals surface area contributed by atoms with Gasteiger partial charge in [-0.1, -0.05) is 32.0 Å². The fraction of sp³-hybridized carbons (Fsp3) is 0.588. The fourth-order valence-electron chi connectivity index (χ4n) is 2.07. The number of methoxy groups -OCH3 is 1. The van der Waals surface area contributed by atoms with Gasteiger partial charge in [0.05, 0.1) is 0 Å². The summed E-state index contributed by atoms with van der Waals surface area (Å²) in [6.45, 7) is 6.25. The van der Waals surface area contributed by atoms with Crippen molar-refractivity contribution in [3.8, 4) is 0 Å². The lowest BCUT2D eigenvalue weighted by atomic mass is 10.0. The van der Waals surface area contributed by atoms with E-state index in [2.05, 4.69) is 41.0 Å². The highest BCUT2D eigenvalue weighted by Crippen LogP contribution is 2.17. The zero-order valence-electron chi connectivity index (χ0n) is 16.1. The predicted molar refractivity (Wildman–Crippen MR) is 101 cm³/mol. The maximum absolute atomic E-state index is 11.4. The van der Waals surface area contributed by atoms with Crippen molar-refractivity contribution in [1.82, 2.24) is 4.31 Å². The maximum atomic E-state index is 11.4. The number of hydrogen-bond donors (Lipinski definition) is 2. The van der Waals surface area contributed by atoms with Crippen LogP contribution in [0.25, 0.3) is 0 Å². The second-order valence-corrected chi connectivity index (χ2v) is 7.16. The van der Waals surface area contributed by atoms with Gasteiger partial charge >= 0.3 is 16.3 Å². The average Bonchev–Trinajstić information content (AvgIpc) is 2.59. The SMILES string of the molecule is CCc1cccc(CC)c1N.COCN(C(C)C)S(=O)(=O)OC(=O)CO. The van der Waals surface area contributed by atoms with E-state index in [4.69, 9.17) is 10.8 Å². The van der Waals surface area contributed by atoms with Crippen LogP contribution < -0.4 is 5.73 Å². The van der Waals surface area contributed by atoms with Crippen LogP contribution in [0, 0.1) is 0 Å². The Morgan fingerprint density at radius 2 is 1.73 bits per heavy atom. The molecule has 0 aliphatic carbocycles. The smallest absolute Gasteiger partial charge is 0.389 e. The first-order valence-electron chi connectivity index (χ1n) is 8.34. The minimum absolute atomic E-state index is 0.224. The molecule has 0 bridgehead atoms. The molecule has 0 amide bonds. The summed E-state index contributed by atoms with van der Waals surface area (Å²) in [7, 11) is -2.88. The van der Waals surface area contributed by atoms with Gasteiger partial charge in [0.2, 0.25) is 0 Å². The van der Waals surface area contributed by atoms with Crippen LogP contribution in [0.4, 0.5) is 5.69 Å². The number of carbonyl (C=O) groups excluding carboxylic acids is 1. The monoisotopic (exact) mass is 390 g/mol. The molecule has 0 heterocycles. The molecule has 1 rings (SSSR count). The van der Waals surface area contributed by atoms with Crippen LogP contribution in [0.2, 0.25) is 0 Å². The number of nitrogens with zero attached hydrogens (tertiary/aromatic N) is 1. The third-order valence-corrected chi connectivity index (χ3v) is 4.99. The highest BCUT2D eigenvalue weighted by molar-refractivity contribution is 7.84. The summed E-state index contributed by atoms with van der Waals surface area (Å²) in [5.41, 5.74) is 9.42. The van der Waals surface area contributed by atoms with Crippen molar-refractivity contribution in [2.75, 3.05) is 26.2 Å². The molecule has 1 aromatic rings. The summed E-state index contributed by atoms with van der Waals surface area (Å²) in [6, 6.07) is 5.85. The molecule has 0 aromatic heterocycles. The largest absolute Gasteiger partial charge is 0.398 e. The van der Waals surface area contributed by atoms with E-state index < -0.39 is 28.9 Å². The lowest BCUT2D eigenvalue weighted by Gasteiger charge is -2.23. The highest BCUT2D eigenvalue weighted by Gasteiger charge is 2.28. The van der Waals surface area contributed by atoms with Gasteiger partial charge in [-0.25, -0.2) is 4.79 Å². The zero-order valence-corrected chi connectivity index (χ0v) is 16.9. The van der Waals surface area contributed by atoms with Crippen LogP contribution in [0.3, 0.4) is 0 Å². The molecule has 0 aliphatic rings. The highest BCUT2D eigenvalue weighted by atomic mass is 32.2. The van der Waals surface area contributed by atoms with Crippen LogP contribution in [0.15, 0.2) is 18.2 Å². The van der Waals surface area contributed by atoms with Gasteiger partial charge in [-0.2, -0.15) is 8.42 Å². The quantitative estimate of drug-likeness (QED) is 0.509. The van der Waals surface area contributed by atoms with Crippen molar-refractivity contribution in [2.45, 2.75) is 46.6 Å². The van der Waals surface area contributed by atoms with Crippen molar-refractivity contribution in [3.63, 3.8) is 0 Å². The second-order valence-electron chi connectivity index (χ2n) is 5.67. The lowest BCUT2D eigenvalue weighted by Crippen LogP contribution is -2.40. The number of nitrogens with two attached hydrogens (primary N) is 1. The Hall–Kier alpha value is -1.68. The number of nitrogen functional groups attached to an aromatic ring is 1. The Bertz CT molecular complexity index is 639. The molecule has 26 heavy (non-hydrogen) atoms. The molecule has 0 aliphatic heterocycles. The Labute approximate surface area is 156 Å². The minimum Gasteiger partial charge on any atom is -0.398 e. The van der Waals surface area contributed by atoms with Gasteiger partial charge in [-0.05, 0) is 37.8 Å². The Balaban J connectivity index is 0.000000502. The summed E-state index contributed by atoms with van der Waals surface area (Å²) in [6.07, 6.45) is 2.05. The van der Waals surface area contributed by atoms with E-state index >= 15 is 0 Å². The molecule has 8 nitrogen and oxygen atoms in total. The van der Waals surface area contributed by atoms with Gasteiger partial charge in [0.15, 0.2) is 0 Å². The number of aliphatic hydroxyl groups is 1. The van der Waals surface area contributed by atoms with E-state index in [1.807, 2.05) is 0 Å². The first-order chi connectivity index (χ1) is 12.1. The molecule has 0 radical (unpaired) electrons. The number of benzene rings is 1. The molecular formula is C17H30N2O6S. The molecule has 3 N–H and O–H groups in total. The van der Waals surface area contributed by atoms with Crippen LogP contribution in [0.1, 0.15) is 38.8 Å². The predicted octanol–water partition coefficient (Wildman–Crippen LogP) is 1.47. The summed E-state index contributed by atoms with van der Waals surface area (Å²) in [4.78, 5) is 10.6. The standard InChI is InChI=1S/C10H15N.C7H15NO6S/c1-3-8-6-5-7-9(4-2)10(8)11;1-6(2)8(5-13-3)15(11,12)14-7(10)4-9/h5-7H,3-4,11H2,1-2H3;6,9H,4-5H2,1-3H3. The molecule has 0 atom stereocenters. The van der Waals surface area contributed by atoms with Gasteiger partial charge in [0.25, 0.3) is 0 Å². The van der Waals surface area contributed by atoms with Crippen LogP contribution in [-0.4, -0.2) is 50.3 Å². The number of carbonyl (C=O) groups is 1. The molecule has 0 unspecified atom stereocenters. The number of aryl methyl sites for hydroxylation is 2. The zero-order chi connectivity index (χ0) is 20.3. The molecule has 0 saturated carbocycles. The normalized spacial score (nSPS) is 11.2. The first-order valence-corrected chi connectivity index (χ1v) is 9.71. The van der Waals surface area contributed by atoms with E-state index in [-0.39, 0.29) is 6.73 Å². The number of para-hydroxylation sites is 1. The second kappa shape index (κ2) is 11.8. The summed E-state index contributed by atoms with van der Waals surface area (Å²) >= 11 is 0. The Morgan fingerprint density at radius 3 is 2.08 bits per heavy atom. The molecule has 0 saturated heterocycles. The van der Waals surface area contributed by atoms with E-state index in [0.717, 1.165) is 22.8 Å². The van der Waals surface area contributed by atoms with Crippen molar-refractivity contribution >= 4 is 22.0 Å². The number of anilines is 1. The summed E-state index contributed by atoms with van der Waals surface area (Å²) in [5, 5.41) is 8.36. The fourth-order valence-corrected chi connectivity index (χ4v) is 3.21. The molecule has 1 aromatic carbocycles. The third kappa shape index (κ3) is 7.69. The van der Waals surface area contributed by atoms with E-state index in [9.17, 15) is 13.2 Å². The lowest BCUT2D eigenvalue weighted by molar-refractivity contribution is -0.137.